The summed E-state index contributed by atoms with van der Waals surface area (Å²) in [5.41, 5.74) is 2.31. The molecule has 1 heterocycles. The van der Waals surface area contributed by atoms with Crippen molar-refractivity contribution in [1.82, 2.24) is 0 Å². The highest BCUT2D eigenvalue weighted by Crippen LogP contribution is 2.67. The fourth-order valence-electron chi connectivity index (χ4n) is 5.70. The van der Waals surface area contributed by atoms with Gasteiger partial charge in [0.2, 0.25) is 0 Å². The summed E-state index contributed by atoms with van der Waals surface area (Å²) in [6.07, 6.45) is 28.1. The predicted octanol–water partition coefficient (Wildman–Crippen LogP) is 6.51. The first-order valence-corrected chi connectivity index (χ1v) is 11.7. The van der Waals surface area contributed by atoms with E-state index >= 15 is 0 Å². The van der Waals surface area contributed by atoms with Crippen molar-refractivity contribution in [3.63, 3.8) is 0 Å². The van der Waals surface area contributed by atoms with Crippen LogP contribution in [0.3, 0.4) is 0 Å². The minimum atomic E-state index is 0.316. The lowest BCUT2D eigenvalue weighted by molar-refractivity contribution is 0.274. The highest BCUT2D eigenvalue weighted by Gasteiger charge is 2.47. The summed E-state index contributed by atoms with van der Waals surface area (Å²) < 4.78 is 0. The van der Waals surface area contributed by atoms with Crippen LogP contribution in [0.25, 0.3) is 0 Å². The van der Waals surface area contributed by atoms with Crippen molar-refractivity contribution in [3.8, 4) is 0 Å². The molecule has 4 rings (SSSR count). The molecule has 0 amide bonds. The lowest BCUT2D eigenvalue weighted by Crippen LogP contribution is -2.43. The van der Waals surface area contributed by atoms with Crippen LogP contribution in [0, 0.1) is 17.8 Å². The van der Waals surface area contributed by atoms with E-state index in [9.17, 15) is 0 Å². The second-order valence-corrected chi connectivity index (χ2v) is 11.0. The molecule has 0 N–H and O–H groups in total. The monoisotopic (exact) mass is 316 g/mol. The van der Waals surface area contributed by atoms with Gasteiger partial charge in [-0.25, -0.2) is 0 Å². The quantitative estimate of drug-likeness (QED) is 0.518. The van der Waals surface area contributed by atoms with E-state index in [0.717, 1.165) is 29.1 Å². The molecular formula is C21H33P. The molecule has 22 heavy (non-hydrogen) atoms. The molecule has 3 aliphatic carbocycles. The third-order valence-corrected chi connectivity index (χ3v) is 10.8. The maximum absolute atomic E-state index is 2.47. The molecule has 2 saturated carbocycles. The van der Waals surface area contributed by atoms with E-state index in [1.807, 2.05) is 0 Å². The fourth-order valence-corrected chi connectivity index (χ4v) is 9.75. The van der Waals surface area contributed by atoms with Gasteiger partial charge in [-0.15, -0.1) is 0 Å². The second-order valence-electron chi connectivity index (χ2n) is 8.30. The first kappa shape index (κ1) is 15.4. The average Bonchev–Trinajstić information content (AvgIpc) is 3.07. The Bertz CT molecular complexity index is 376. The molecule has 3 fully saturated rings. The summed E-state index contributed by atoms with van der Waals surface area (Å²) in [7, 11) is 0.316. The van der Waals surface area contributed by atoms with Gasteiger partial charge in [0.15, 0.2) is 0 Å². The summed E-state index contributed by atoms with van der Waals surface area (Å²) in [5, 5.41) is 0. The predicted molar refractivity (Wildman–Crippen MR) is 98.9 cm³/mol. The maximum Gasteiger partial charge on any atom is -0.000778 e. The Morgan fingerprint density at radius 2 is 1.18 bits per heavy atom. The van der Waals surface area contributed by atoms with Gasteiger partial charge in [-0.3, -0.25) is 0 Å². The van der Waals surface area contributed by atoms with Crippen molar-refractivity contribution in [2.75, 3.05) is 6.16 Å². The van der Waals surface area contributed by atoms with E-state index in [1.54, 1.807) is 32.1 Å². The number of hydrogen-bond donors (Lipinski definition) is 0. The highest BCUT2D eigenvalue weighted by molar-refractivity contribution is 7.61. The molecule has 1 aliphatic heterocycles. The second kappa shape index (κ2) is 7.21. The summed E-state index contributed by atoms with van der Waals surface area (Å²) in [6.45, 7) is 0. The van der Waals surface area contributed by atoms with E-state index in [1.165, 1.54) is 44.7 Å². The number of allylic oxidation sites excluding steroid dienone is 4. The molecule has 0 aromatic rings. The minimum absolute atomic E-state index is 0.316. The van der Waals surface area contributed by atoms with Gasteiger partial charge in [0.1, 0.15) is 0 Å². The molecule has 0 unspecified atom stereocenters. The van der Waals surface area contributed by atoms with E-state index in [4.69, 9.17) is 0 Å². The van der Waals surface area contributed by atoms with Crippen LogP contribution < -0.4 is 0 Å². The van der Waals surface area contributed by atoms with E-state index in [-0.39, 0.29) is 0 Å². The van der Waals surface area contributed by atoms with Gasteiger partial charge >= 0.3 is 0 Å². The smallest absolute Gasteiger partial charge is 0.000778 e. The van der Waals surface area contributed by atoms with Crippen molar-refractivity contribution in [1.29, 1.82) is 0 Å². The van der Waals surface area contributed by atoms with Gasteiger partial charge < -0.3 is 0 Å². The molecule has 0 aromatic carbocycles. The van der Waals surface area contributed by atoms with Gasteiger partial charge in [-0.1, -0.05) is 70.8 Å². The third-order valence-electron chi connectivity index (χ3n) is 6.97. The average molecular weight is 316 g/mol. The zero-order chi connectivity index (χ0) is 14.8. The Kier molecular flexibility index (Phi) is 5.06. The van der Waals surface area contributed by atoms with Crippen molar-refractivity contribution >= 4 is 7.92 Å². The Balaban J connectivity index is 1.42. The molecule has 0 spiro atoms. The molecule has 1 saturated heterocycles. The minimum Gasteiger partial charge on any atom is -0.0988 e. The lowest BCUT2D eigenvalue weighted by atomic mass is 9.80. The van der Waals surface area contributed by atoms with Crippen LogP contribution in [0.5, 0.6) is 0 Å². The van der Waals surface area contributed by atoms with Crippen LogP contribution in [0.2, 0.25) is 0 Å². The van der Waals surface area contributed by atoms with Crippen LogP contribution >= 0.6 is 7.92 Å². The molecule has 2 atom stereocenters. The van der Waals surface area contributed by atoms with E-state index in [0.29, 0.717) is 7.92 Å². The van der Waals surface area contributed by atoms with Crippen molar-refractivity contribution in [3.05, 3.63) is 24.3 Å². The normalized spacial score (nSPS) is 35.1. The summed E-state index contributed by atoms with van der Waals surface area (Å²) in [5.74, 6) is 3.03. The topological polar surface area (TPSA) is 0 Å². The summed E-state index contributed by atoms with van der Waals surface area (Å²) in [6, 6.07) is 0. The van der Waals surface area contributed by atoms with Crippen molar-refractivity contribution in [2.24, 2.45) is 17.8 Å². The summed E-state index contributed by atoms with van der Waals surface area (Å²) in [4.78, 5) is 0. The zero-order valence-corrected chi connectivity index (χ0v) is 15.0. The van der Waals surface area contributed by atoms with Crippen molar-refractivity contribution < 1.29 is 0 Å². The van der Waals surface area contributed by atoms with Gasteiger partial charge in [0.25, 0.3) is 0 Å². The SMILES string of the molecule is C1=CC(CP2[C@H](C3CCCCC3)C[C@H]2C2CCCCC2)C=C1. The number of hydrogen-bond acceptors (Lipinski definition) is 0. The van der Waals surface area contributed by atoms with Crippen LogP contribution in [-0.4, -0.2) is 17.5 Å². The molecule has 1 heteroatoms. The first-order valence-electron chi connectivity index (χ1n) is 10.0. The van der Waals surface area contributed by atoms with E-state index in [2.05, 4.69) is 24.3 Å². The highest BCUT2D eigenvalue weighted by atomic mass is 31.1. The lowest BCUT2D eigenvalue weighted by Gasteiger charge is -2.54. The van der Waals surface area contributed by atoms with Crippen LogP contribution in [0.4, 0.5) is 0 Å². The maximum atomic E-state index is 2.47. The van der Waals surface area contributed by atoms with Gasteiger partial charge in [0, 0.05) is 0 Å². The molecule has 122 valence electrons. The third kappa shape index (κ3) is 3.24. The zero-order valence-electron chi connectivity index (χ0n) is 14.1. The Morgan fingerprint density at radius 1 is 0.682 bits per heavy atom. The number of rotatable bonds is 4. The molecule has 4 aliphatic rings. The molecular weight excluding hydrogens is 283 g/mol. The fraction of sp³-hybridized carbons (Fsp3) is 0.810. The van der Waals surface area contributed by atoms with Crippen LogP contribution in [0.1, 0.15) is 70.6 Å². The van der Waals surface area contributed by atoms with Gasteiger partial charge in [0.05, 0.1) is 0 Å². The Hall–Kier alpha value is -0.0900. The standard InChI is InChI=1S/C21H33P/c1-3-11-18(12-4-1)20-15-21(19-13-5-2-6-14-19)22(20)16-17-9-7-8-10-17/h7-10,17-21H,1-6,11-16H2/t20-,21-/m0/s1. The van der Waals surface area contributed by atoms with Gasteiger partial charge in [-0.05, 0) is 67.3 Å². The molecule has 0 aromatic heterocycles. The van der Waals surface area contributed by atoms with Crippen LogP contribution in [-0.2, 0) is 0 Å². The Labute approximate surface area is 138 Å². The van der Waals surface area contributed by atoms with E-state index < -0.39 is 0 Å². The Morgan fingerprint density at radius 3 is 1.68 bits per heavy atom. The molecule has 0 radical (unpaired) electrons. The van der Waals surface area contributed by atoms with Crippen LogP contribution in [0.15, 0.2) is 24.3 Å². The summed E-state index contributed by atoms with van der Waals surface area (Å²) >= 11 is 0. The largest absolute Gasteiger partial charge is 0.0988 e. The van der Waals surface area contributed by atoms with Gasteiger partial charge in [-0.2, -0.15) is 0 Å². The van der Waals surface area contributed by atoms with Crippen molar-refractivity contribution in [2.45, 2.75) is 81.9 Å². The molecule has 0 nitrogen and oxygen atoms in total. The first-order chi connectivity index (χ1) is 10.9. The molecule has 0 bridgehead atoms.